The number of amides is 1. The number of rotatable bonds is 5. The Morgan fingerprint density at radius 2 is 1.85 bits per heavy atom. The predicted molar refractivity (Wildman–Crippen MR) is 132 cm³/mol. The molecule has 9 heteroatoms. The maximum atomic E-state index is 13.6. The highest BCUT2D eigenvalue weighted by Gasteiger charge is 2.35. The minimum Gasteiger partial charge on any atom is -0.345 e. The van der Waals surface area contributed by atoms with E-state index in [0.717, 1.165) is 57.3 Å². The third-order valence-electron chi connectivity index (χ3n) is 7.40. The van der Waals surface area contributed by atoms with Crippen molar-refractivity contribution in [1.82, 2.24) is 18.8 Å². The van der Waals surface area contributed by atoms with Gasteiger partial charge in [0.25, 0.3) is 5.91 Å². The Morgan fingerprint density at radius 3 is 2.52 bits per heavy atom. The SMILES string of the molecule is CC[C@H]1CCCCN1S(=O)(=O)c1cc(-c2nc(C)c(C(=O)N3CCC(C)CC3)s2)n(C)c1C. The molecule has 0 spiro atoms. The number of hydrogen-bond donors (Lipinski definition) is 0. The number of likely N-dealkylation sites (tertiary alicyclic amines) is 1. The van der Waals surface area contributed by atoms with Gasteiger partial charge in [0, 0.05) is 38.4 Å². The zero-order valence-corrected chi connectivity index (χ0v) is 22.1. The molecule has 0 saturated carbocycles. The van der Waals surface area contributed by atoms with Crippen LogP contribution in [0, 0.1) is 19.8 Å². The van der Waals surface area contributed by atoms with E-state index in [2.05, 4.69) is 13.8 Å². The maximum absolute atomic E-state index is 13.6. The molecule has 0 aliphatic carbocycles. The first-order valence-electron chi connectivity index (χ1n) is 12.1. The van der Waals surface area contributed by atoms with Crippen LogP contribution >= 0.6 is 11.3 Å². The van der Waals surface area contributed by atoms with E-state index in [0.29, 0.717) is 38.6 Å². The Balaban J connectivity index is 1.66. The van der Waals surface area contributed by atoms with E-state index in [-0.39, 0.29) is 11.9 Å². The van der Waals surface area contributed by atoms with E-state index in [4.69, 9.17) is 4.98 Å². The van der Waals surface area contributed by atoms with Crippen LogP contribution in [0.4, 0.5) is 0 Å². The molecule has 2 fully saturated rings. The monoisotopic (exact) mass is 492 g/mol. The van der Waals surface area contributed by atoms with Gasteiger partial charge in [-0.1, -0.05) is 20.3 Å². The number of carbonyl (C=O) groups is 1. The molecular formula is C24H36N4O3S2. The highest BCUT2D eigenvalue weighted by molar-refractivity contribution is 7.89. The number of aromatic nitrogens is 2. The van der Waals surface area contributed by atoms with Crippen LogP contribution in [0.5, 0.6) is 0 Å². The van der Waals surface area contributed by atoms with E-state index in [1.807, 2.05) is 30.4 Å². The van der Waals surface area contributed by atoms with Crippen LogP contribution in [0.2, 0.25) is 0 Å². The lowest BCUT2D eigenvalue weighted by atomic mass is 9.99. The Hall–Kier alpha value is -1.71. The Kier molecular flexibility index (Phi) is 7.03. The predicted octanol–water partition coefficient (Wildman–Crippen LogP) is 4.59. The van der Waals surface area contributed by atoms with Crippen LogP contribution < -0.4 is 0 Å². The lowest BCUT2D eigenvalue weighted by molar-refractivity contribution is 0.0701. The minimum absolute atomic E-state index is 0.0426. The number of sulfonamides is 1. The van der Waals surface area contributed by atoms with Gasteiger partial charge >= 0.3 is 0 Å². The Morgan fingerprint density at radius 1 is 1.15 bits per heavy atom. The molecule has 2 aliphatic rings. The number of thiazole rings is 1. The average Bonchev–Trinajstić information content (AvgIpc) is 3.33. The molecular weight excluding hydrogens is 456 g/mol. The van der Waals surface area contributed by atoms with Gasteiger partial charge in [0.05, 0.1) is 11.4 Å². The van der Waals surface area contributed by atoms with Crippen LogP contribution in [-0.4, -0.2) is 58.8 Å². The van der Waals surface area contributed by atoms with Crippen molar-refractivity contribution in [3.63, 3.8) is 0 Å². The Bertz CT molecular complexity index is 1130. The van der Waals surface area contributed by atoms with Gasteiger partial charge in [0.15, 0.2) is 0 Å². The summed E-state index contributed by atoms with van der Waals surface area (Å²) < 4.78 is 30.8. The van der Waals surface area contributed by atoms with Crippen molar-refractivity contribution in [1.29, 1.82) is 0 Å². The standard InChI is InChI=1S/C24H36N4O3S2/c1-6-19-9-7-8-12-28(19)33(30,31)21-15-20(26(5)18(21)4)23-25-17(3)22(32-23)24(29)27-13-10-16(2)11-14-27/h15-16,19H,6-14H2,1-5H3/t19-/m0/s1. The van der Waals surface area contributed by atoms with Crippen LogP contribution in [0.3, 0.4) is 0 Å². The van der Waals surface area contributed by atoms with Crippen LogP contribution in [0.15, 0.2) is 11.0 Å². The van der Waals surface area contributed by atoms with Gasteiger partial charge in [-0.25, -0.2) is 13.4 Å². The van der Waals surface area contributed by atoms with Gasteiger partial charge in [-0.15, -0.1) is 11.3 Å². The number of hydrogen-bond acceptors (Lipinski definition) is 5. The van der Waals surface area contributed by atoms with Gasteiger partial charge in [0.1, 0.15) is 14.8 Å². The molecule has 0 bridgehead atoms. The largest absolute Gasteiger partial charge is 0.345 e. The quantitative estimate of drug-likeness (QED) is 0.612. The van der Waals surface area contributed by atoms with Gasteiger partial charge in [-0.05, 0) is 57.9 Å². The minimum atomic E-state index is -3.59. The molecule has 7 nitrogen and oxygen atoms in total. The summed E-state index contributed by atoms with van der Waals surface area (Å²) in [5, 5.41) is 0.693. The third-order valence-corrected chi connectivity index (χ3v) is 10.6. The molecule has 2 aliphatic heterocycles. The normalized spacial score (nSPS) is 21.0. The lowest BCUT2D eigenvalue weighted by Gasteiger charge is -2.34. The van der Waals surface area contributed by atoms with E-state index < -0.39 is 10.0 Å². The number of nitrogens with zero attached hydrogens (tertiary/aromatic N) is 4. The van der Waals surface area contributed by atoms with Crippen molar-refractivity contribution in [2.24, 2.45) is 13.0 Å². The van der Waals surface area contributed by atoms with E-state index in [1.165, 1.54) is 11.3 Å². The molecule has 4 heterocycles. The fourth-order valence-corrected chi connectivity index (χ4v) is 8.15. The summed E-state index contributed by atoms with van der Waals surface area (Å²) in [5.41, 5.74) is 2.16. The van der Waals surface area contributed by atoms with Crippen molar-refractivity contribution in [2.75, 3.05) is 19.6 Å². The van der Waals surface area contributed by atoms with Crippen molar-refractivity contribution in [2.45, 2.75) is 77.2 Å². The highest BCUT2D eigenvalue weighted by Crippen LogP contribution is 2.36. The molecule has 0 N–H and O–H groups in total. The molecule has 1 amide bonds. The van der Waals surface area contributed by atoms with Crippen LogP contribution in [-0.2, 0) is 17.1 Å². The van der Waals surface area contributed by atoms with Gasteiger partial charge < -0.3 is 9.47 Å². The van der Waals surface area contributed by atoms with E-state index in [1.54, 1.807) is 10.4 Å². The Labute approximate surface area is 201 Å². The average molecular weight is 493 g/mol. The summed E-state index contributed by atoms with van der Waals surface area (Å²) in [6, 6.07) is 1.81. The molecule has 0 radical (unpaired) electrons. The van der Waals surface area contributed by atoms with Gasteiger partial charge in [-0.3, -0.25) is 4.79 Å². The summed E-state index contributed by atoms with van der Waals surface area (Å²) in [6.45, 7) is 10.2. The van der Waals surface area contributed by atoms with Crippen molar-refractivity contribution in [3.8, 4) is 10.7 Å². The summed E-state index contributed by atoms with van der Waals surface area (Å²) in [5.74, 6) is 0.701. The first kappa shape index (κ1) is 24.4. The second-order valence-electron chi connectivity index (χ2n) is 9.62. The zero-order valence-electron chi connectivity index (χ0n) is 20.4. The molecule has 2 aromatic rings. The smallest absolute Gasteiger partial charge is 0.265 e. The summed E-state index contributed by atoms with van der Waals surface area (Å²) in [6.07, 6.45) is 5.79. The first-order chi connectivity index (χ1) is 15.6. The van der Waals surface area contributed by atoms with E-state index in [9.17, 15) is 13.2 Å². The second kappa shape index (κ2) is 9.50. The summed E-state index contributed by atoms with van der Waals surface area (Å²) in [4.78, 5) is 20.8. The molecule has 0 aromatic carbocycles. The fourth-order valence-electron chi connectivity index (χ4n) is 5.02. The van der Waals surface area contributed by atoms with Crippen molar-refractivity contribution >= 4 is 27.3 Å². The molecule has 0 unspecified atom stereocenters. The molecule has 2 saturated heterocycles. The number of aryl methyl sites for hydroxylation is 1. The first-order valence-corrected chi connectivity index (χ1v) is 14.4. The molecule has 2 aromatic heterocycles. The number of carbonyl (C=O) groups excluding carboxylic acids is 1. The molecule has 4 rings (SSSR count). The maximum Gasteiger partial charge on any atom is 0.265 e. The number of piperidine rings is 2. The molecule has 33 heavy (non-hydrogen) atoms. The molecule has 182 valence electrons. The third kappa shape index (κ3) is 4.51. The highest BCUT2D eigenvalue weighted by atomic mass is 32.2. The van der Waals surface area contributed by atoms with Gasteiger partial charge in [-0.2, -0.15) is 4.31 Å². The van der Waals surface area contributed by atoms with Crippen molar-refractivity contribution in [3.05, 3.63) is 22.3 Å². The van der Waals surface area contributed by atoms with Crippen molar-refractivity contribution < 1.29 is 13.2 Å². The van der Waals surface area contributed by atoms with E-state index >= 15 is 0 Å². The fraction of sp³-hybridized carbons (Fsp3) is 0.667. The lowest BCUT2D eigenvalue weighted by Crippen LogP contribution is -2.43. The molecule has 1 atom stereocenters. The zero-order chi connectivity index (χ0) is 23.9. The summed E-state index contributed by atoms with van der Waals surface area (Å²) in [7, 11) is -1.72. The van der Waals surface area contributed by atoms with Gasteiger partial charge in [0.2, 0.25) is 10.0 Å². The second-order valence-corrected chi connectivity index (χ2v) is 12.5. The van der Waals surface area contributed by atoms with Crippen LogP contribution in [0.1, 0.15) is 73.4 Å². The van der Waals surface area contributed by atoms with Crippen LogP contribution in [0.25, 0.3) is 10.7 Å². The summed E-state index contributed by atoms with van der Waals surface area (Å²) >= 11 is 1.37. The topological polar surface area (TPSA) is 75.5 Å².